The van der Waals surface area contributed by atoms with Crippen molar-refractivity contribution in [3.05, 3.63) is 338 Å². The van der Waals surface area contributed by atoms with E-state index in [-0.39, 0.29) is 0 Å². The van der Waals surface area contributed by atoms with E-state index in [1.807, 2.05) is 0 Å². The molecular formula is C74H52N2Si. The molecule has 0 radical (unpaired) electrons. The fourth-order valence-corrected chi connectivity index (χ4v) is 17.1. The highest BCUT2D eigenvalue weighted by Gasteiger charge is 2.41. The Bertz CT molecular complexity index is 4130. The molecule has 0 unspecified atom stereocenters. The fourth-order valence-electron chi connectivity index (χ4n) is 12.3. The van der Waals surface area contributed by atoms with Crippen LogP contribution in [0.1, 0.15) is 22.3 Å². The van der Waals surface area contributed by atoms with E-state index in [0.717, 1.165) is 28.3 Å². The average Bonchev–Trinajstić information content (AvgIpc) is 4.06. The first-order valence-corrected chi connectivity index (χ1v) is 28.6. The molecule has 3 heteroatoms. The van der Waals surface area contributed by atoms with Crippen LogP contribution in [0.25, 0.3) is 60.9 Å². The predicted octanol–water partition coefficient (Wildman–Crippen LogP) is 16.3. The van der Waals surface area contributed by atoms with Crippen LogP contribution in [0.15, 0.2) is 315 Å². The number of benzene rings is 12. The second kappa shape index (κ2) is 19.5. The van der Waals surface area contributed by atoms with E-state index in [2.05, 4.69) is 325 Å². The first-order chi connectivity index (χ1) is 38.2. The molecule has 14 rings (SSSR count). The molecule has 12 aromatic carbocycles. The Labute approximate surface area is 451 Å². The topological polar surface area (TPSA) is 8.17 Å². The lowest BCUT2D eigenvalue weighted by molar-refractivity contribution is 1.18. The van der Waals surface area contributed by atoms with Gasteiger partial charge in [-0.25, -0.2) is 0 Å². The van der Waals surface area contributed by atoms with Gasteiger partial charge in [-0.15, -0.1) is 0 Å². The van der Waals surface area contributed by atoms with Crippen molar-refractivity contribution in [3.63, 3.8) is 0 Å². The van der Waals surface area contributed by atoms with Crippen LogP contribution in [0.2, 0.25) is 0 Å². The summed E-state index contributed by atoms with van der Waals surface area (Å²) < 4.78 is 2.38. The van der Waals surface area contributed by atoms with Gasteiger partial charge in [0.15, 0.2) is 8.07 Å². The van der Waals surface area contributed by atoms with E-state index in [1.165, 1.54) is 92.6 Å². The van der Waals surface area contributed by atoms with Crippen molar-refractivity contribution in [2.45, 2.75) is 0 Å². The summed E-state index contributed by atoms with van der Waals surface area (Å²) in [5.41, 5.74) is 19.0. The number of anilines is 3. The molecule has 1 aliphatic rings. The predicted molar refractivity (Wildman–Crippen MR) is 328 cm³/mol. The van der Waals surface area contributed by atoms with Crippen molar-refractivity contribution in [1.82, 2.24) is 4.57 Å². The molecule has 0 spiro atoms. The average molecular weight is 997 g/mol. The van der Waals surface area contributed by atoms with Gasteiger partial charge in [0.05, 0.1) is 11.0 Å². The zero-order valence-corrected chi connectivity index (χ0v) is 43.4. The molecule has 1 heterocycles. The SMILES string of the molecule is c1ccc(C(=C2c3ccccc3-c3ccc(N(c4ccc(-c5ccc6c(c5)c5ccccc5n6-c5ccccc5)cc4)c4ccc([Si](c5ccccc5)(c5ccccc5)c5ccccc5)cc4)cc32)c2ccccc2)cc1. The smallest absolute Gasteiger partial charge is 0.179 e. The van der Waals surface area contributed by atoms with Gasteiger partial charge in [-0.2, -0.15) is 0 Å². The fraction of sp³-hybridized carbons (Fsp3) is 0. The quantitative estimate of drug-likeness (QED) is 0.0926. The third kappa shape index (κ3) is 7.87. The maximum Gasteiger partial charge on any atom is 0.179 e. The summed E-state index contributed by atoms with van der Waals surface area (Å²) in [6.45, 7) is 0. The summed E-state index contributed by atoms with van der Waals surface area (Å²) in [7, 11) is -2.78. The zero-order valence-electron chi connectivity index (χ0n) is 42.4. The third-order valence-corrected chi connectivity index (χ3v) is 20.5. The minimum Gasteiger partial charge on any atom is -0.310 e. The minimum absolute atomic E-state index is 1.08. The van der Waals surface area contributed by atoms with Gasteiger partial charge < -0.3 is 9.47 Å². The molecule has 77 heavy (non-hydrogen) atoms. The highest BCUT2D eigenvalue weighted by molar-refractivity contribution is 7.19. The lowest BCUT2D eigenvalue weighted by atomic mass is 9.88. The highest BCUT2D eigenvalue weighted by Crippen LogP contribution is 2.51. The van der Waals surface area contributed by atoms with E-state index in [9.17, 15) is 0 Å². The van der Waals surface area contributed by atoms with Gasteiger partial charge in [0, 0.05) is 33.5 Å². The van der Waals surface area contributed by atoms with Crippen LogP contribution in [0, 0.1) is 0 Å². The molecule has 0 fully saturated rings. The summed E-state index contributed by atoms with van der Waals surface area (Å²) in [4.78, 5) is 2.45. The molecule has 2 nitrogen and oxygen atoms in total. The van der Waals surface area contributed by atoms with Gasteiger partial charge in [0.25, 0.3) is 0 Å². The first-order valence-electron chi connectivity index (χ1n) is 26.6. The van der Waals surface area contributed by atoms with Crippen LogP contribution in [0.3, 0.4) is 0 Å². The Morgan fingerprint density at radius 3 is 1.30 bits per heavy atom. The largest absolute Gasteiger partial charge is 0.310 e. The van der Waals surface area contributed by atoms with Gasteiger partial charge in [0.2, 0.25) is 0 Å². The van der Waals surface area contributed by atoms with E-state index in [4.69, 9.17) is 0 Å². The molecule has 0 amide bonds. The van der Waals surface area contributed by atoms with Gasteiger partial charge in [-0.3, -0.25) is 0 Å². The molecule has 0 saturated heterocycles. The number of nitrogens with zero attached hydrogens (tertiary/aromatic N) is 2. The highest BCUT2D eigenvalue weighted by atomic mass is 28.3. The second-order valence-corrected chi connectivity index (χ2v) is 23.8. The lowest BCUT2D eigenvalue weighted by Gasteiger charge is -2.35. The third-order valence-electron chi connectivity index (χ3n) is 15.7. The number of aromatic nitrogens is 1. The van der Waals surface area contributed by atoms with Crippen LogP contribution in [-0.2, 0) is 0 Å². The van der Waals surface area contributed by atoms with E-state index in [1.54, 1.807) is 0 Å². The van der Waals surface area contributed by atoms with E-state index >= 15 is 0 Å². The maximum absolute atomic E-state index is 2.78. The number of para-hydroxylation sites is 2. The van der Waals surface area contributed by atoms with Gasteiger partial charge >= 0.3 is 0 Å². The molecule has 0 bridgehead atoms. The van der Waals surface area contributed by atoms with Crippen molar-refractivity contribution in [2.75, 3.05) is 4.90 Å². The van der Waals surface area contributed by atoms with Crippen molar-refractivity contribution in [3.8, 4) is 27.9 Å². The molecule has 362 valence electrons. The van der Waals surface area contributed by atoms with Crippen molar-refractivity contribution in [2.24, 2.45) is 0 Å². The molecule has 1 aliphatic carbocycles. The Balaban J connectivity index is 0.952. The molecule has 0 N–H and O–H groups in total. The van der Waals surface area contributed by atoms with Gasteiger partial charge in [-0.1, -0.05) is 249 Å². The normalized spacial score (nSPS) is 11.9. The van der Waals surface area contributed by atoms with Crippen molar-refractivity contribution < 1.29 is 0 Å². The van der Waals surface area contributed by atoms with Crippen LogP contribution in [0.5, 0.6) is 0 Å². The number of fused-ring (bicyclic) bond motifs is 6. The summed E-state index contributed by atoms with van der Waals surface area (Å²) in [5, 5.41) is 7.87. The summed E-state index contributed by atoms with van der Waals surface area (Å²) >= 11 is 0. The summed E-state index contributed by atoms with van der Waals surface area (Å²) in [6.07, 6.45) is 0. The molecule has 0 saturated carbocycles. The minimum atomic E-state index is -2.78. The summed E-state index contributed by atoms with van der Waals surface area (Å²) in [6, 6.07) is 116. The number of hydrogen-bond donors (Lipinski definition) is 0. The maximum atomic E-state index is 2.45. The van der Waals surface area contributed by atoms with Crippen LogP contribution >= 0.6 is 0 Å². The van der Waals surface area contributed by atoms with Crippen molar-refractivity contribution >= 4 is 78.8 Å². The molecule has 0 aliphatic heterocycles. The van der Waals surface area contributed by atoms with E-state index < -0.39 is 8.07 Å². The number of hydrogen-bond acceptors (Lipinski definition) is 1. The molecular weight excluding hydrogens is 945 g/mol. The van der Waals surface area contributed by atoms with E-state index in [0.29, 0.717) is 0 Å². The molecule has 0 atom stereocenters. The molecule has 1 aromatic heterocycles. The first kappa shape index (κ1) is 45.8. The van der Waals surface area contributed by atoms with Crippen LogP contribution in [-0.4, -0.2) is 12.6 Å². The van der Waals surface area contributed by atoms with Crippen molar-refractivity contribution in [1.29, 1.82) is 0 Å². The Hall–Kier alpha value is -9.80. The van der Waals surface area contributed by atoms with Crippen LogP contribution < -0.4 is 25.6 Å². The van der Waals surface area contributed by atoms with Gasteiger partial charge in [-0.05, 0) is 143 Å². The van der Waals surface area contributed by atoms with Gasteiger partial charge in [0.1, 0.15) is 0 Å². The second-order valence-electron chi connectivity index (χ2n) is 20.0. The van der Waals surface area contributed by atoms with Crippen LogP contribution in [0.4, 0.5) is 17.1 Å². The zero-order chi connectivity index (χ0) is 51.1. The Morgan fingerprint density at radius 2 is 0.714 bits per heavy atom. The lowest BCUT2D eigenvalue weighted by Crippen LogP contribution is -2.74. The Morgan fingerprint density at radius 1 is 0.286 bits per heavy atom. The monoisotopic (exact) mass is 996 g/mol. The number of rotatable bonds is 11. The standard InChI is InChI=1S/C74H52N2Si/c1-7-23-54(24-8-1)73(55-25-9-2-10-26-55)74-68-37-20-19-35-65(68)66-49-46-60(52-70(66)74)75(59-44-47-64(48-45-59)77(61-29-13-4-14-30-61,62-31-15-5-16-32-62)63-33-17-6-18-34-63)58-42-39-53(40-43-58)56-41-50-72-69(51-56)67-36-21-22-38-71(67)76(72)57-27-11-3-12-28-57/h1-52H. The molecule has 13 aromatic rings. The Kier molecular flexibility index (Phi) is 11.6. The summed E-state index contributed by atoms with van der Waals surface area (Å²) in [5.74, 6) is 0.